The van der Waals surface area contributed by atoms with Gasteiger partial charge in [0.05, 0.1) is 21.1 Å². The summed E-state index contributed by atoms with van der Waals surface area (Å²) in [5.41, 5.74) is 1.58. The van der Waals surface area contributed by atoms with E-state index < -0.39 is 14.9 Å². The summed E-state index contributed by atoms with van der Waals surface area (Å²) in [6, 6.07) is 12.8. The van der Waals surface area contributed by atoms with E-state index in [1.54, 1.807) is 24.3 Å². The monoisotopic (exact) mass is 400 g/mol. The summed E-state index contributed by atoms with van der Waals surface area (Å²) in [4.78, 5) is 10.6. The molecule has 28 heavy (non-hydrogen) atoms. The summed E-state index contributed by atoms with van der Waals surface area (Å²) < 4.78 is 27.0. The molecule has 0 spiro atoms. The lowest BCUT2D eigenvalue weighted by Gasteiger charge is -2.32. The van der Waals surface area contributed by atoms with Gasteiger partial charge in [0.2, 0.25) is 10.0 Å². The van der Waals surface area contributed by atoms with Gasteiger partial charge in [-0.2, -0.15) is 9.57 Å². The number of piperidine rings is 1. The first kappa shape index (κ1) is 19.8. The summed E-state index contributed by atoms with van der Waals surface area (Å²) in [5, 5.41) is 23.3. The molecule has 1 saturated heterocycles. The lowest BCUT2D eigenvalue weighted by atomic mass is 10.1. The smallest absolute Gasteiger partial charge is 0.270 e. The fourth-order valence-corrected chi connectivity index (χ4v) is 4.65. The maximum absolute atomic E-state index is 12.8. The van der Waals surface area contributed by atoms with Gasteiger partial charge < -0.3 is 5.32 Å². The number of nitro benzene ring substituents is 1. The molecule has 1 fully saturated rings. The van der Waals surface area contributed by atoms with Crippen molar-refractivity contribution in [2.24, 2.45) is 0 Å². The van der Waals surface area contributed by atoms with Crippen molar-refractivity contribution in [1.82, 2.24) is 4.31 Å². The van der Waals surface area contributed by atoms with Gasteiger partial charge in [0, 0.05) is 31.3 Å². The first-order valence-electron chi connectivity index (χ1n) is 8.83. The highest BCUT2D eigenvalue weighted by atomic mass is 32.2. The molecule has 2 aromatic rings. The lowest BCUT2D eigenvalue weighted by Crippen LogP contribution is -2.42. The van der Waals surface area contributed by atoms with Gasteiger partial charge in [-0.05, 0) is 38.0 Å². The standard InChI is InChI=1S/C19H20N4O4S/c1-14-2-5-18(6-3-14)28(26,27)22-10-8-16(9-11-22)21-19-7-4-17(23(24)25)12-15(19)13-20/h2-7,12,16,21H,8-11H2,1H3. The van der Waals surface area contributed by atoms with Crippen LogP contribution in [0.1, 0.15) is 24.0 Å². The number of hydrogen-bond donors (Lipinski definition) is 1. The van der Waals surface area contributed by atoms with Gasteiger partial charge in [0.1, 0.15) is 6.07 Å². The fourth-order valence-electron chi connectivity index (χ4n) is 3.18. The summed E-state index contributed by atoms with van der Waals surface area (Å²) in [7, 11) is -3.52. The Balaban J connectivity index is 1.67. The van der Waals surface area contributed by atoms with Crippen LogP contribution in [0.25, 0.3) is 0 Å². The molecule has 1 N–H and O–H groups in total. The number of nitrogens with one attached hydrogen (secondary N) is 1. The molecule has 1 heterocycles. The Morgan fingerprint density at radius 1 is 1.18 bits per heavy atom. The Hall–Kier alpha value is -2.96. The molecule has 1 aliphatic rings. The van der Waals surface area contributed by atoms with Crippen molar-refractivity contribution >= 4 is 21.4 Å². The third-order valence-electron chi connectivity index (χ3n) is 4.81. The molecule has 2 aromatic carbocycles. The summed E-state index contributed by atoms with van der Waals surface area (Å²) in [6.45, 7) is 2.63. The van der Waals surface area contributed by atoms with Crippen LogP contribution in [0.4, 0.5) is 11.4 Å². The van der Waals surface area contributed by atoms with Gasteiger partial charge in [0.15, 0.2) is 0 Å². The second-order valence-corrected chi connectivity index (χ2v) is 8.67. The van der Waals surface area contributed by atoms with Crippen LogP contribution in [0, 0.1) is 28.4 Å². The quantitative estimate of drug-likeness (QED) is 0.609. The minimum Gasteiger partial charge on any atom is -0.381 e. The van der Waals surface area contributed by atoms with E-state index >= 15 is 0 Å². The number of nitrogens with zero attached hydrogens (tertiary/aromatic N) is 3. The number of hydrogen-bond acceptors (Lipinski definition) is 6. The average molecular weight is 400 g/mol. The second-order valence-electron chi connectivity index (χ2n) is 6.73. The Bertz CT molecular complexity index is 1020. The Kier molecular flexibility index (Phi) is 5.63. The fraction of sp³-hybridized carbons (Fsp3) is 0.316. The average Bonchev–Trinajstić information content (AvgIpc) is 2.69. The van der Waals surface area contributed by atoms with Crippen LogP contribution in [-0.4, -0.2) is 36.8 Å². The van der Waals surface area contributed by atoms with Crippen molar-refractivity contribution in [3.63, 3.8) is 0 Å². The highest BCUT2D eigenvalue weighted by Crippen LogP contribution is 2.26. The van der Waals surface area contributed by atoms with Crippen LogP contribution in [0.3, 0.4) is 0 Å². The molecular weight excluding hydrogens is 380 g/mol. The number of anilines is 1. The van der Waals surface area contributed by atoms with Crippen LogP contribution in [0.5, 0.6) is 0 Å². The maximum Gasteiger partial charge on any atom is 0.270 e. The van der Waals surface area contributed by atoms with Crippen LogP contribution in [0.15, 0.2) is 47.4 Å². The second kappa shape index (κ2) is 7.96. The molecule has 0 bridgehead atoms. The van der Waals surface area contributed by atoms with E-state index in [9.17, 15) is 23.8 Å². The lowest BCUT2D eigenvalue weighted by molar-refractivity contribution is -0.384. The molecule has 8 nitrogen and oxygen atoms in total. The van der Waals surface area contributed by atoms with Crippen LogP contribution >= 0.6 is 0 Å². The van der Waals surface area contributed by atoms with Crippen molar-refractivity contribution < 1.29 is 13.3 Å². The number of benzene rings is 2. The Labute approximate surface area is 163 Å². The van der Waals surface area contributed by atoms with Crippen molar-refractivity contribution in [3.05, 3.63) is 63.7 Å². The predicted octanol–water partition coefficient (Wildman–Crippen LogP) is 3.04. The molecule has 0 saturated carbocycles. The number of sulfonamides is 1. The zero-order valence-corrected chi connectivity index (χ0v) is 16.1. The largest absolute Gasteiger partial charge is 0.381 e. The topological polar surface area (TPSA) is 116 Å². The van der Waals surface area contributed by atoms with Crippen LogP contribution < -0.4 is 5.32 Å². The van der Waals surface area contributed by atoms with Gasteiger partial charge in [0.25, 0.3) is 5.69 Å². The third-order valence-corrected chi connectivity index (χ3v) is 6.72. The highest BCUT2D eigenvalue weighted by molar-refractivity contribution is 7.89. The molecule has 146 valence electrons. The molecule has 0 aromatic heterocycles. The first-order chi connectivity index (χ1) is 13.3. The number of non-ortho nitro benzene ring substituents is 1. The zero-order valence-electron chi connectivity index (χ0n) is 15.3. The minimum absolute atomic E-state index is 0.0157. The van der Waals surface area contributed by atoms with Crippen molar-refractivity contribution in [1.29, 1.82) is 5.26 Å². The highest BCUT2D eigenvalue weighted by Gasteiger charge is 2.29. The van der Waals surface area contributed by atoms with E-state index in [1.807, 2.05) is 13.0 Å². The number of nitriles is 1. The van der Waals surface area contributed by atoms with E-state index in [0.29, 0.717) is 31.6 Å². The van der Waals surface area contributed by atoms with Gasteiger partial charge in [-0.3, -0.25) is 10.1 Å². The van der Waals surface area contributed by atoms with Gasteiger partial charge in [-0.1, -0.05) is 17.7 Å². The summed E-state index contributed by atoms with van der Waals surface area (Å²) >= 11 is 0. The van der Waals surface area contributed by atoms with Crippen LogP contribution in [-0.2, 0) is 10.0 Å². The molecule has 0 atom stereocenters. The van der Waals surface area contributed by atoms with Crippen molar-refractivity contribution in [2.45, 2.75) is 30.7 Å². The summed E-state index contributed by atoms with van der Waals surface area (Å²) in [5.74, 6) is 0. The summed E-state index contributed by atoms with van der Waals surface area (Å²) in [6.07, 6.45) is 1.15. The molecule has 9 heteroatoms. The van der Waals surface area contributed by atoms with Crippen LogP contribution in [0.2, 0.25) is 0 Å². The molecule has 0 amide bonds. The Morgan fingerprint density at radius 3 is 2.39 bits per heavy atom. The molecular formula is C19H20N4O4S. The number of aryl methyl sites for hydroxylation is 1. The van der Waals surface area contributed by atoms with Gasteiger partial charge in [-0.25, -0.2) is 8.42 Å². The van der Waals surface area contributed by atoms with E-state index in [4.69, 9.17) is 0 Å². The van der Waals surface area contributed by atoms with Gasteiger partial charge in [-0.15, -0.1) is 0 Å². The molecule has 0 radical (unpaired) electrons. The van der Waals surface area contributed by atoms with Gasteiger partial charge >= 0.3 is 0 Å². The first-order valence-corrected chi connectivity index (χ1v) is 10.3. The Morgan fingerprint density at radius 2 is 1.82 bits per heavy atom. The molecule has 0 aliphatic carbocycles. The van der Waals surface area contributed by atoms with Crippen molar-refractivity contribution in [2.75, 3.05) is 18.4 Å². The van der Waals surface area contributed by atoms with E-state index in [-0.39, 0.29) is 22.2 Å². The number of rotatable bonds is 5. The zero-order chi connectivity index (χ0) is 20.3. The SMILES string of the molecule is Cc1ccc(S(=O)(=O)N2CCC(Nc3ccc([N+](=O)[O-])cc3C#N)CC2)cc1. The number of nitro groups is 1. The molecule has 3 rings (SSSR count). The maximum atomic E-state index is 12.8. The van der Waals surface area contributed by atoms with E-state index in [0.717, 1.165) is 5.56 Å². The predicted molar refractivity (Wildman–Crippen MR) is 104 cm³/mol. The molecule has 0 unspecified atom stereocenters. The molecule has 1 aliphatic heterocycles. The van der Waals surface area contributed by atoms with Crippen molar-refractivity contribution in [3.8, 4) is 6.07 Å². The minimum atomic E-state index is -3.52. The van der Waals surface area contributed by atoms with E-state index in [1.165, 1.54) is 22.5 Å². The normalized spacial score (nSPS) is 15.7. The van der Waals surface area contributed by atoms with E-state index in [2.05, 4.69) is 5.32 Å². The third kappa shape index (κ3) is 4.13.